The number of hydrogen-bond acceptors (Lipinski definition) is 3. The Hall–Kier alpha value is -1.59. The second-order valence-corrected chi connectivity index (χ2v) is 5.86. The predicted octanol–water partition coefficient (Wildman–Crippen LogP) is 2.82. The van der Waals surface area contributed by atoms with Crippen LogP contribution >= 0.6 is 11.6 Å². The van der Waals surface area contributed by atoms with E-state index in [0.29, 0.717) is 11.4 Å². The maximum absolute atomic E-state index is 11.6. The second kappa shape index (κ2) is 6.03. The van der Waals surface area contributed by atoms with E-state index in [-0.39, 0.29) is 29.7 Å². The van der Waals surface area contributed by atoms with Crippen LogP contribution in [-0.2, 0) is 14.3 Å². The highest BCUT2D eigenvalue weighted by atomic mass is 35.5. The molecule has 0 saturated carbocycles. The fourth-order valence-corrected chi connectivity index (χ4v) is 3.03. The molecule has 0 bridgehead atoms. The summed E-state index contributed by atoms with van der Waals surface area (Å²) < 4.78 is 5.71. The molecular weight excluding hydrogens is 292 g/mol. The van der Waals surface area contributed by atoms with Crippen molar-refractivity contribution in [2.24, 2.45) is 0 Å². The molecule has 6 heteroatoms. The van der Waals surface area contributed by atoms with Gasteiger partial charge in [0.25, 0.3) is 0 Å². The van der Waals surface area contributed by atoms with Crippen LogP contribution in [-0.4, -0.2) is 24.5 Å². The molecule has 1 aromatic rings. The molecule has 2 unspecified atom stereocenters. The van der Waals surface area contributed by atoms with E-state index >= 15 is 0 Å². The number of amides is 2. The molecule has 3 rings (SSSR count). The van der Waals surface area contributed by atoms with Crippen molar-refractivity contribution in [3.63, 3.8) is 0 Å². The summed E-state index contributed by atoms with van der Waals surface area (Å²) in [5.74, 6) is -0.625. The standard InChI is InChI=1S/C15H17ClN2O3/c16-15(12-3-1-2-6-21-12)9-4-5-10-11(7-9)18-14(20)8-13(19)17-10/h4-5,7,12,15H,1-3,6,8H2,(H,17,19)(H,18,20). The number of anilines is 2. The normalized spacial score (nSPS) is 23.6. The molecule has 0 radical (unpaired) electrons. The van der Waals surface area contributed by atoms with Gasteiger partial charge in [-0.2, -0.15) is 0 Å². The van der Waals surface area contributed by atoms with Crippen LogP contribution in [0.4, 0.5) is 11.4 Å². The molecule has 2 aliphatic rings. The summed E-state index contributed by atoms with van der Waals surface area (Å²) in [5.41, 5.74) is 2.08. The smallest absolute Gasteiger partial charge is 0.233 e. The summed E-state index contributed by atoms with van der Waals surface area (Å²) >= 11 is 6.51. The number of ether oxygens (including phenoxy) is 1. The third-order valence-electron chi connectivity index (χ3n) is 3.77. The van der Waals surface area contributed by atoms with Gasteiger partial charge in [-0.1, -0.05) is 6.07 Å². The number of halogens is 1. The minimum absolute atomic E-state index is 0.00506. The highest BCUT2D eigenvalue weighted by Crippen LogP contribution is 2.35. The monoisotopic (exact) mass is 308 g/mol. The van der Waals surface area contributed by atoms with Gasteiger partial charge in [-0.15, -0.1) is 11.6 Å². The zero-order valence-corrected chi connectivity index (χ0v) is 12.3. The average Bonchev–Trinajstić information content (AvgIpc) is 2.63. The van der Waals surface area contributed by atoms with Crippen LogP contribution in [0.15, 0.2) is 18.2 Å². The van der Waals surface area contributed by atoms with E-state index in [9.17, 15) is 9.59 Å². The van der Waals surface area contributed by atoms with Crippen LogP contribution in [0.25, 0.3) is 0 Å². The van der Waals surface area contributed by atoms with Crippen LogP contribution in [0, 0.1) is 0 Å². The molecular formula is C15H17ClN2O3. The van der Waals surface area contributed by atoms with Crippen LogP contribution in [0.5, 0.6) is 0 Å². The molecule has 0 aromatic heterocycles. The SMILES string of the molecule is O=C1CC(=O)Nc2cc(C(Cl)C3CCCCO3)ccc2N1. The Labute approximate surface area is 128 Å². The van der Waals surface area contributed by atoms with E-state index in [4.69, 9.17) is 16.3 Å². The summed E-state index contributed by atoms with van der Waals surface area (Å²) in [6, 6.07) is 5.45. The molecule has 1 aromatic carbocycles. The van der Waals surface area contributed by atoms with Gasteiger partial charge in [0.2, 0.25) is 11.8 Å². The lowest BCUT2D eigenvalue weighted by atomic mass is 10.00. The van der Waals surface area contributed by atoms with Crippen LogP contribution in [0.3, 0.4) is 0 Å². The molecule has 0 aliphatic carbocycles. The first-order chi connectivity index (χ1) is 10.1. The number of hydrogen-bond donors (Lipinski definition) is 2. The Morgan fingerprint density at radius 2 is 1.90 bits per heavy atom. The van der Waals surface area contributed by atoms with E-state index in [1.807, 2.05) is 12.1 Å². The molecule has 2 atom stereocenters. The van der Waals surface area contributed by atoms with Crippen molar-refractivity contribution in [3.8, 4) is 0 Å². The largest absolute Gasteiger partial charge is 0.376 e. The van der Waals surface area contributed by atoms with Gasteiger partial charge in [0.1, 0.15) is 6.42 Å². The zero-order valence-electron chi connectivity index (χ0n) is 11.5. The van der Waals surface area contributed by atoms with Crippen molar-refractivity contribution in [2.75, 3.05) is 17.2 Å². The summed E-state index contributed by atoms with van der Waals surface area (Å²) in [6.45, 7) is 0.742. The number of nitrogens with one attached hydrogen (secondary N) is 2. The number of fused-ring (bicyclic) bond motifs is 1. The van der Waals surface area contributed by atoms with Crippen LogP contribution < -0.4 is 10.6 Å². The van der Waals surface area contributed by atoms with E-state index < -0.39 is 0 Å². The fourth-order valence-electron chi connectivity index (χ4n) is 2.69. The fraction of sp³-hybridized carbons (Fsp3) is 0.467. The molecule has 21 heavy (non-hydrogen) atoms. The van der Waals surface area contributed by atoms with Crippen molar-refractivity contribution in [2.45, 2.75) is 37.2 Å². The molecule has 2 aliphatic heterocycles. The molecule has 1 saturated heterocycles. The first-order valence-electron chi connectivity index (χ1n) is 7.13. The van der Waals surface area contributed by atoms with Gasteiger partial charge in [0.05, 0.1) is 22.9 Å². The molecule has 0 spiro atoms. The number of carbonyl (C=O) groups is 2. The van der Waals surface area contributed by atoms with E-state index in [1.165, 1.54) is 0 Å². The molecule has 2 amide bonds. The topological polar surface area (TPSA) is 67.4 Å². The van der Waals surface area contributed by atoms with E-state index in [0.717, 1.165) is 31.4 Å². The number of benzene rings is 1. The third kappa shape index (κ3) is 3.19. The highest BCUT2D eigenvalue weighted by Gasteiger charge is 2.26. The molecule has 1 fully saturated rings. The van der Waals surface area contributed by atoms with Crippen LogP contribution in [0.2, 0.25) is 0 Å². The Bertz CT molecular complexity index is 570. The van der Waals surface area contributed by atoms with Gasteiger partial charge < -0.3 is 15.4 Å². The average molecular weight is 309 g/mol. The zero-order chi connectivity index (χ0) is 14.8. The Balaban J connectivity index is 1.84. The summed E-state index contributed by atoms with van der Waals surface area (Å²) in [4.78, 5) is 23.1. The Morgan fingerprint density at radius 3 is 2.62 bits per heavy atom. The van der Waals surface area contributed by atoms with Crippen molar-refractivity contribution in [1.82, 2.24) is 0 Å². The van der Waals surface area contributed by atoms with Crippen LogP contribution in [0.1, 0.15) is 36.6 Å². The van der Waals surface area contributed by atoms with Gasteiger partial charge in [-0.05, 0) is 37.0 Å². The maximum Gasteiger partial charge on any atom is 0.233 e. The molecule has 112 valence electrons. The first-order valence-corrected chi connectivity index (χ1v) is 7.56. The molecule has 5 nitrogen and oxygen atoms in total. The number of carbonyl (C=O) groups excluding carboxylic acids is 2. The van der Waals surface area contributed by atoms with E-state index in [1.54, 1.807) is 6.07 Å². The Kier molecular flexibility index (Phi) is 4.12. The minimum atomic E-state index is -0.316. The first kappa shape index (κ1) is 14.4. The highest BCUT2D eigenvalue weighted by molar-refractivity contribution is 6.21. The summed E-state index contributed by atoms with van der Waals surface area (Å²) in [7, 11) is 0. The third-order valence-corrected chi connectivity index (χ3v) is 4.31. The number of rotatable bonds is 2. The summed E-state index contributed by atoms with van der Waals surface area (Å²) in [5, 5.41) is 5.17. The van der Waals surface area contributed by atoms with Gasteiger partial charge >= 0.3 is 0 Å². The predicted molar refractivity (Wildman–Crippen MR) is 80.5 cm³/mol. The second-order valence-electron chi connectivity index (χ2n) is 5.38. The molecule has 2 N–H and O–H groups in total. The van der Waals surface area contributed by atoms with E-state index in [2.05, 4.69) is 10.6 Å². The maximum atomic E-state index is 11.6. The van der Waals surface area contributed by atoms with Gasteiger partial charge in [-0.3, -0.25) is 9.59 Å². The van der Waals surface area contributed by atoms with Gasteiger partial charge in [0.15, 0.2) is 0 Å². The number of alkyl halides is 1. The lowest BCUT2D eigenvalue weighted by Gasteiger charge is -2.27. The summed E-state index contributed by atoms with van der Waals surface area (Å²) in [6.07, 6.45) is 2.96. The van der Waals surface area contributed by atoms with Crippen molar-refractivity contribution < 1.29 is 14.3 Å². The lowest BCUT2D eigenvalue weighted by molar-refractivity contribution is -0.123. The minimum Gasteiger partial charge on any atom is -0.376 e. The van der Waals surface area contributed by atoms with Gasteiger partial charge in [-0.25, -0.2) is 0 Å². The van der Waals surface area contributed by atoms with Gasteiger partial charge in [0, 0.05) is 6.61 Å². The molecule has 2 heterocycles. The Morgan fingerprint density at radius 1 is 1.14 bits per heavy atom. The van der Waals surface area contributed by atoms with Crippen molar-refractivity contribution in [1.29, 1.82) is 0 Å². The lowest BCUT2D eigenvalue weighted by Crippen LogP contribution is -2.23. The van der Waals surface area contributed by atoms with Crippen molar-refractivity contribution >= 4 is 34.8 Å². The van der Waals surface area contributed by atoms with Crippen molar-refractivity contribution in [3.05, 3.63) is 23.8 Å². The quantitative estimate of drug-likeness (QED) is 0.652.